The summed E-state index contributed by atoms with van der Waals surface area (Å²) in [6.45, 7) is 1.10. The van der Waals surface area contributed by atoms with Crippen LogP contribution < -0.4 is 0 Å². The lowest BCUT2D eigenvalue weighted by atomic mass is 10.2. The predicted molar refractivity (Wildman–Crippen MR) is 96.8 cm³/mol. The lowest BCUT2D eigenvalue weighted by Crippen LogP contribution is -2.40. The van der Waals surface area contributed by atoms with Crippen LogP contribution in [0.4, 0.5) is 0 Å². The Morgan fingerprint density at radius 2 is 2.00 bits per heavy atom. The van der Waals surface area contributed by atoms with Gasteiger partial charge in [-0.3, -0.25) is 4.79 Å². The number of ether oxygens (including phenoxy) is 1. The third-order valence-electron chi connectivity index (χ3n) is 4.49. The summed E-state index contributed by atoms with van der Waals surface area (Å²) in [5, 5.41) is 0. The molecule has 2 heterocycles. The number of sulfone groups is 1. The maximum Gasteiger partial charge on any atom is 0.361 e. The van der Waals surface area contributed by atoms with Crippen LogP contribution in [0.15, 0.2) is 34.7 Å². The molecule has 0 aliphatic carbocycles. The first-order valence-corrected chi connectivity index (χ1v) is 10.2. The van der Waals surface area contributed by atoms with Crippen molar-refractivity contribution in [1.29, 1.82) is 0 Å². The number of aromatic nitrogens is 1. The molecule has 1 aliphatic rings. The van der Waals surface area contributed by atoms with E-state index in [2.05, 4.69) is 4.98 Å². The van der Waals surface area contributed by atoms with E-state index in [1.165, 1.54) is 11.9 Å². The summed E-state index contributed by atoms with van der Waals surface area (Å²) in [4.78, 5) is 29.9. The van der Waals surface area contributed by atoms with E-state index in [9.17, 15) is 18.0 Å². The van der Waals surface area contributed by atoms with Crippen molar-refractivity contribution < 1.29 is 27.2 Å². The fourth-order valence-corrected chi connectivity index (χ4v) is 4.65. The smallest absolute Gasteiger partial charge is 0.361 e. The first kappa shape index (κ1) is 19.1. The minimum atomic E-state index is -3.10. The molecular weight excluding hydrogens is 372 g/mol. The molecule has 1 saturated heterocycles. The first-order valence-electron chi connectivity index (χ1n) is 8.43. The normalized spacial score (nSPS) is 18.2. The number of benzene rings is 1. The first-order chi connectivity index (χ1) is 12.8. The molecule has 1 atom stereocenters. The van der Waals surface area contributed by atoms with Crippen LogP contribution in [-0.2, 0) is 19.4 Å². The van der Waals surface area contributed by atoms with E-state index < -0.39 is 28.3 Å². The average Bonchev–Trinajstić information content (AvgIpc) is 3.21. The summed E-state index contributed by atoms with van der Waals surface area (Å²) >= 11 is 0. The lowest BCUT2D eigenvalue weighted by Gasteiger charge is -2.23. The van der Waals surface area contributed by atoms with Crippen molar-refractivity contribution in [1.82, 2.24) is 9.88 Å². The number of likely N-dealkylation sites (N-methyl/N-ethyl adjacent to an activating group) is 1. The monoisotopic (exact) mass is 392 g/mol. The molecule has 1 amide bonds. The summed E-state index contributed by atoms with van der Waals surface area (Å²) in [5.41, 5.74) is 0.727. The summed E-state index contributed by atoms with van der Waals surface area (Å²) in [6, 6.07) is 8.71. The maximum absolute atomic E-state index is 12.3. The molecule has 144 valence electrons. The largest absolute Gasteiger partial charge is 0.451 e. The van der Waals surface area contributed by atoms with Gasteiger partial charge >= 0.3 is 5.97 Å². The van der Waals surface area contributed by atoms with E-state index >= 15 is 0 Å². The molecule has 1 fully saturated rings. The third-order valence-corrected chi connectivity index (χ3v) is 6.24. The number of oxazole rings is 1. The van der Waals surface area contributed by atoms with Gasteiger partial charge in [0.15, 0.2) is 22.1 Å². The van der Waals surface area contributed by atoms with E-state index in [0.29, 0.717) is 18.1 Å². The van der Waals surface area contributed by atoms with Gasteiger partial charge in [-0.15, -0.1) is 0 Å². The number of hydrogen-bond donors (Lipinski definition) is 0. The number of hydrogen-bond acceptors (Lipinski definition) is 7. The Morgan fingerprint density at radius 1 is 1.30 bits per heavy atom. The Morgan fingerprint density at radius 3 is 2.63 bits per heavy atom. The second kappa shape index (κ2) is 7.51. The molecule has 0 spiro atoms. The highest BCUT2D eigenvalue weighted by Crippen LogP contribution is 2.22. The minimum absolute atomic E-state index is 0.00718. The van der Waals surface area contributed by atoms with Crippen molar-refractivity contribution in [3.05, 3.63) is 41.8 Å². The molecular formula is C18H20N2O6S. The molecule has 9 heteroatoms. The zero-order chi connectivity index (χ0) is 19.6. The summed E-state index contributed by atoms with van der Waals surface area (Å²) in [6.07, 6.45) is 0.390. The highest BCUT2D eigenvalue weighted by Gasteiger charge is 2.33. The highest BCUT2D eigenvalue weighted by atomic mass is 32.2. The second-order valence-corrected chi connectivity index (χ2v) is 8.66. The average molecular weight is 392 g/mol. The van der Waals surface area contributed by atoms with Crippen molar-refractivity contribution in [2.75, 3.05) is 25.2 Å². The Labute approximate surface area is 157 Å². The van der Waals surface area contributed by atoms with Crippen LogP contribution in [-0.4, -0.2) is 61.4 Å². The van der Waals surface area contributed by atoms with E-state index in [1.54, 1.807) is 19.1 Å². The van der Waals surface area contributed by atoms with E-state index in [-0.39, 0.29) is 23.2 Å². The van der Waals surface area contributed by atoms with Gasteiger partial charge in [-0.2, -0.15) is 0 Å². The van der Waals surface area contributed by atoms with Gasteiger partial charge in [-0.05, 0) is 25.5 Å². The zero-order valence-corrected chi connectivity index (χ0v) is 15.9. The van der Waals surface area contributed by atoms with E-state index in [0.717, 1.165) is 5.56 Å². The molecule has 1 aliphatic heterocycles. The van der Waals surface area contributed by atoms with Gasteiger partial charge in [0, 0.05) is 18.7 Å². The van der Waals surface area contributed by atoms with Crippen molar-refractivity contribution >= 4 is 21.7 Å². The van der Waals surface area contributed by atoms with Gasteiger partial charge in [0.1, 0.15) is 5.76 Å². The number of amides is 1. The number of carbonyl (C=O) groups excluding carboxylic acids is 2. The SMILES string of the molecule is Cc1oc(-c2ccccc2)nc1C(=O)OCC(=O)N(C)C1CCS(=O)(=O)C1. The molecule has 8 nitrogen and oxygen atoms in total. The van der Waals surface area contributed by atoms with Gasteiger partial charge in [-0.25, -0.2) is 18.2 Å². The minimum Gasteiger partial charge on any atom is -0.451 e. The number of nitrogens with zero attached hydrogens (tertiary/aromatic N) is 2. The molecule has 2 aromatic rings. The van der Waals surface area contributed by atoms with Gasteiger partial charge in [0.05, 0.1) is 11.5 Å². The van der Waals surface area contributed by atoms with Crippen molar-refractivity contribution in [2.24, 2.45) is 0 Å². The topological polar surface area (TPSA) is 107 Å². The van der Waals surface area contributed by atoms with Crippen LogP contribution in [0.2, 0.25) is 0 Å². The molecule has 1 unspecified atom stereocenters. The summed E-state index contributed by atoms with van der Waals surface area (Å²) in [5.74, 6) is -0.642. The lowest BCUT2D eigenvalue weighted by molar-refractivity contribution is -0.134. The predicted octanol–water partition coefficient (Wildman–Crippen LogP) is 1.45. The van der Waals surface area contributed by atoms with Crippen LogP contribution in [0.5, 0.6) is 0 Å². The third kappa shape index (κ3) is 4.36. The number of aryl methyl sites for hydroxylation is 1. The van der Waals surface area contributed by atoms with Crippen molar-refractivity contribution in [2.45, 2.75) is 19.4 Å². The van der Waals surface area contributed by atoms with Crippen LogP contribution >= 0.6 is 0 Å². The Hall–Kier alpha value is -2.68. The van der Waals surface area contributed by atoms with Gasteiger partial charge in [0.25, 0.3) is 5.91 Å². The summed E-state index contributed by atoms with van der Waals surface area (Å²) in [7, 11) is -1.59. The molecule has 0 radical (unpaired) electrons. The second-order valence-electron chi connectivity index (χ2n) is 6.43. The number of carbonyl (C=O) groups is 2. The molecule has 3 rings (SSSR count). The number of rotatable bonds is 5. The van der Waals surface area contributed by atoms with Crippen LogP contribution in [0.25, 0.3) is 11.5 Å². The molecule has 0 bridgehead atoms. The Kier molecular flexibility index (Phi) is 5.31. The fraction of sp³-hybridized carbons (Fsp3) is 0.389. The summed E-state index contributed by atoms with van der Waals surface area (Å²) < 4.78 is 33.6. The Balaban J connectivity index is 1.61. The van der Waals surface area contributed by atoms with Crippen LogP contribution in [0.1, 0.15) is 22.7 Å². The molecule has 1 aromatic heterocycles. The van der Waals surface area contributed by atoms with Crippen molar-refractivity contribution in [3.63, 3.8) is 0 Å². The molecule has 0 N–H and O–H groups in total. The van der Waals surface area contributed by atoms with Crippen molar-refractivity contribution in [3.8, 4) is 11.5 Å². The van der Waals surface area contributed by atoms with Crippen LogP contribution in [0.3, 0.4) is 0 Å². The van der Waals surface area contributed by atoms with Crippen LogP contribution in [0, 0.1) is 6.92 Å². The van der Waals surface area contributed by atoms with Gasteiger partial charge < -0.3 is 14.1 Å². The standard InChI is InChI=1S/C18H20N2O6S/c1-12-16(19-17(26-12)13-6-4-3-5-7-13)18(22)25-10-15(21)20(2)14-8-9-27(23,24)11-14/h3-7,14H,8-11H2,1-2H3. The van der Waals surface area contributed by atoms with E-state index in [4.69, 9.17) is 9.15 Å². The molecule has 27 heavy (non-hydrogen) atoms. The molecule has 1 aromatic carbocycles. The quantitative estimate of drug-likeness (QED) is 0.709. The highest BCUT2D eigenvalue weighted by molar-refractivity contribution is 7.91. The number of esters is 1. The fourth-order valence-electron chi connectivity index (χ4n) is 2.87. The van der Waals surface area contributed by atoms with Gasteiger partial charge in [-0.1, -0.05) is 18.2 Å². The zero-order valence-electron chi connectivity index (χ0n) is 15.0. The van der Waals surface area contributed by atoms with E-state index in [1.807, 2.05) is 18.2 Å². The molecule has 0 saturated carbocycles. The van der Waals surface area contributed by atoms with Gasteiger partial charge in [0.2, 0.25) is 5.89 Å². The Bertz CT molecular complexity index is 951. The maximum atomic E-state index is 12.3.